The number of benzene rings is 2. The Hall–Kier alpha value is -4.09. The summed E-state index contributed by atoms with van der Waals surface area (Å²) in [6, 6.07) is 7.01. The minimum Gasteiger partial charge on any atom is -0.507 e. The number of phenolic OH excluding ortho intramolecular Hbond substituents is 1. The van der Waals surface area contributed by atoms with Crippen molar-refractivity contribution in [2.75, 3.05) is 20.2 Å². The first-order valence-corrected chi connectivity index (χ1v) is 13.2. The van der Waals surface area contributed by atoms with Crippen LogP contribution in [0.5, 0.6) is 11.5 Å². The summed E-state index contributed by atoms with van der Waals surface area (Å²) in [5.74, 6) is -2.27. The molecule has 9 nitrogen and oxygen atoms in total. The van der Waals surface area contributed by atoms with Gasteiger partial charge in [-0.1, -0.05) is 41.5 Å². The lowest BCUT2D eigenvalue weighted by atomic mass is 9.78. The molecule has 0 radical (unpaired) electrons. The largest absolute Gasteiger partial charge is 0.507 e. The van der Waals surface area contributed by atoms with Gasteiger partial charge in [-0.3, -0.25) is 15.0 Å². The number of aliphatic carboxylic acids is 1. The van der Waals surface area contributed by atoms with Gasteiger partial charge in [-0.2, -0.15) is 13.2 Å². The van der Waals surface area contributed by atoms with Crippen molar-refractivity contribution < 1.29 is 42.5 Å². The third-order valence-corrected chi connectivity index (χ3v) is 6.53. The number of carbonyl (C=O) groups excluding carboxylic acids is 2. The van der Waals surface area contributed by atoms with Gasteiger partial charge in [0.15, 0.2) is 5.78 Å². The Morgan fingerprint density at radius 2 is 1.50 bits per heavy atom. The maximum absolute atomic E-state index is 13.4. The van der Waals surface area contributed by atoms with E-state index in [-0.39, 0.29) is 40.7 Å². The first-order chi connectivity index (χ1) is 19.1. The number of hydrogen-bond donors (Lipinski definition) is 4. The van der Waals surface area contributed by atoms with Crippen molar-refractivity contribution in [3.8, 4) is 11.5 Å². The molecule has 2 aromatic rings. The summed E-state index contributed by atoms with van der Waals surface area (Å²) in [4.78, 5) is 36.4. The van der Waals surface area contributed by atoms with E-state index in [1.807, 2.05) is 48.5 Å². The highest BCUT2D eigenvalue weighted by atomic mass is 19.4. The Morgan fingerprint density at radius 3 is 1.90 bits per heavy atom. The molecule has 0 saturated carbocycles. The van der Waals surface area contributed by atoms with Gasteiger partial charge in [-0.25, -0.2) is 4.79 Å². The first kappa shape index (κ1) is 34.1. The van der Waals surface area contributed by atoms with Gasteiger partial charge in [0.25, 0.3) is 5.91 Å². The fraction of sp³-hybridized carbons (Fsp3) is 0.467. The van der Waals surface area contributed by atoms with Crippen molar-refractivity contribution in [2.24, 2.45) is 0 Å². The van der Waals surface area contributed by atoms with Gasteiger partial charge in [0.05, 0.1) is 18.7 Å². The number of phenols is 1. The van der Waals surface area contributed by atoms with E-state index in [1.165, 1.54) is 0 Å². The molecule has 1 heterocycles. The van der Waals surface area contributed by atoms with Crippen LogP contribution >= 0.6 is 0 Å². The average Bonchev–Trinajstić information content (AvgIpc) is 3.15. The zero-order valence-corrected chi connectivity index (χ0v) is 25.0. The van der Waals surface area contributed by atoms with Gasteiger partial charge in [-0.15, -0.1) is 0 Å². The Morgan fingerprint density at radius 1 is 1.00 bits per heavy atom. The van der Waals surface area contributed by atoms with Gasteiger partial charge < -0.3 is 25.2 Å². The molecule has 0 aliphatic carbocycles. The fourth-order valence-electron chi connectivity index (χ4n) is 4.36. The lowest BCUT2D eigenvalue weighted by Crippen LogP contribution is -2.30. The summed E-state index contributed by atoms with van der Waals surface area (Å²) in [5.41, 5.74) is 3.16. The smallest absolute Gasteiger partial charge is 0.490 e. The summed E-state index contributed by atoms with van der Waals surface area (Å²) in [6.07, 6.45) is -5.08. The maximum Gasteiger partial charge on any atom is 0.490 e. The van der Waals surface area contributed by atoms with Crippen LogP contribution in [0.4, 0.5) is 13.2 Å². The number of hydrogen-bond acceptors (Lipinski definition) is 6. The van der Waals surface area contributed by atoms with E-state index in [9.17, 15) is 27.9 Å². The summed E-state index contributed by atoms with van der Waals surface area (Å²) in [7, 11) is 1.56. The highest BCUT2D eigenvalue weighted by molar-refractivity contribution is 6.07. The molecule has 1 amide bonds. The number of aromatic hydroxyl groups is 1. The molecule has 0 aromatic heterocycles. The molecule has 0 atom stereocenters. The number of carbonyl (C=O) groups is 3. The van der Waals surface area contributed by atoms with Crippen LogP contribution in [0.1, 0.15) is 91.4 Å². The number of nitrogens with zero attached hydrogens (tertiary/aromatic N) is 1. The van der Waals surface area contributed by atoms with Crippen molar-refractivity contribution in [3.05, 3.63) is 57.6 Å². The minimum atomic E-state index is -5.08. The van der Waals surface area contributed by atoms with Crippen molar-refractivity contribution in [1.29, 1.82) is 5.41 Å². The first-order valence-electron chi connectivity index (χ1n) is 13.2. The van der Waals surface area contributed by atoms with E-state index in [4.69, 9.17) is 20.0 Å². The molecule has 0 fully saturated rings. The average molecular weight is 594 g/mol. The van der Waals surface area contributed by atoms with Gasteiger partial charge >= 0.3 is 12.1 Å². The third-order valence-electron chi connectivity index (χ3n) is 6.53. The molecule has 2 aromatic carbocycles. The Labute approximate surface area is 243 Å². The molecular weight excluding hydrogens is 555 g/mol. The van der Waals surface area contributed by atoms with Gasteiger partial charge in [0.1, 0.15) is 17.3 Å². The van der Waals surface area contributed by atoms with E-state index in [1.54, 1.807) is 36.2 Å². The number of alkyl halides is 3. The molecule has 42 heavy (non-hydrogen) atoms. The van der Waals surface area contributed by atoms with Crippen LogP contribution in [0, 0.1) is 5.41 Å². The molecular formula is C30H38F3N3O6. The van der Waals surface area contributed by atoms with Crippen molar-refractivity contribution >= 4 is 23.5 Å². The van der Waals surface area contributed by atoms with Crippen LogP contribution in [0.25, 0.3) is 0 Å². The number of amides is 1. The number of nitrogens with one attached hydrogen (secondary N) is 2. The van der Waals surface area contributed by atoms with Crippen LogP contribution in [0.2, 0.25) is 0 Å². The van der Waals surface area contributed by atoms with E-state index < -0.39 is 12.1 Å². The number of amidine groups is 1. The standard InChI is InChI=1S/C28H37N3O4.C2HF3O2/c1-9-35-23-13-18-17(10-19(23)26(34)30-8)14-31(25(18)29)15-22(32)16-11-20(27(2,3)4)24(33)21(12-16)28(5,6)7;3-2(4,5)1(6)7/h10-13,29,33H,9,14-15H2,1-8H3,(H,30,34);(H,6,7). The Bertz CT molecular complexity index is 1350. The van der Waals surface area contributed by atoms with Crippen LogP contribution in [0.3, 0.4) is 0 Å². The number of carboxylic acid groups (broad SMARTS) is 1. The van der Waals surface area contributed by atoms with Crippen LogP contribution in [-0.4, -0.2) is 65.0 Å². The molecule has 4 N–H and O–H groups in total. The van der Waals surface area contributed by atoms with Crippen molar-refractivity contribution in [1.82, 2.24) is 10.2 Å². The highest BCUT2D eigenvalue weighted by Crippen LogP contribution is 2.40. The molecule has 3 rings (SSSR count). The molecule has 12 heteroatoms. The van der Waals surface area contributed by atoms with Gasteiger partial charge in [-0.05, 0) is 47.6 Å². The molecule has 0 unspecified atom stereocenters. The summed E-state index contributed by atoms with van der Waals surface area (Å²) in [5, 5.41) is 29.4. The topological polar surface area (TPSA) is 140 Å². The normalized spacial score (nSPS) is 13.2. The quantitative estimate of drug-likeness (QED) is 0.329. The number of carboxylic acids is 1. The predicted octanol–water partition coefficient (Wildman–Crippen LogP) is 5.40. The zero-order valence-electron chi connectivity index (χ0n) is 25.0. The summed E-state index contributed by atoms with van der Waals surface area (Å²) >= 11 is 0. The molecule has 1 aliphatic heterocycles. The van der Waals surface area contributed by atoms with Crippen molar-refractivity contribution in [2.45, 2.75) is 72.0 Å². The molecule has 0 spiro atoms. The van der Waals surface area contributed by atoms with E-state index in [0.29, 0.717) is 35.6 Å². The SMILES string of the molecule is CCOc1cc2c(cc1C(=O)NC)CN(CC(=O)c1cc(C(C)(C)C)c(O)c(C(C)(C)C)c1)C2=N.O=C(O)C(F)(F)F. The second-order valence-electron chi connectivity index (χ2n) is 11.9. The summed E-state index contributed by atoms with van der Waals surface area (Å²) in [6.45, 7) is 14.7. The molecule has 230 valence electrons. The number of rotatable bonds is 6. The van der Waals surface area contributed by atoms with Gasteiger partial charge in [0.2, 0.25) is 0 Å². The van der Waals surface area contributed by atoms with Crippen LogP contribution in [-0.2, 0) is 22.2 Å². The van der Waals surface area contributed by atoms with E-state index >= 15 is 0 Å². The number of ether oxygens (including phenoxy) is 1. The second kappa shape index (κ2) is 12.4. The van der Waals surface area contributed by atoms with E-state index in [2.05, 4.69) is 5.32 Å². The van der Waals surface area contributed by atoms with Gasteiger partial charge in [0, 0.05) is 35.8 Å². The minimum absolute atomic E-state index is 0.0186. The molecule has 1 aliphatic rings. The second-order valence-corrected chi connectivity index (χ2v) is 11.9. The fourth-order valence-corrected chi connectivity index (χ4v) is 4.36. The number of halogens is 3. The predicted molar refractivity (Wildman–Crippen MR) is 152 cm³/mol. The zero-order chi connectivity index (χ0) is 32.4. The maximum atomic E-state index is 13.4. The van der Waals surface area contributed by atoms with Crippen LogP contribution in [0.15, 0.2) is 24.3 Å². The summed E-state index contributed by atoms with van der Waals surface area (Å²) < 4.78 is 37.4. The molecule has 0 saturated heterocycles. The third kappa shape index (κ3) is 7.80. The Balaban J connectivity index is 0.000000782. The lowest BCUT2D eigenvalue weighted by molar-refractivity contribution is -0.192. The Kier molecular flexibility index (Phi) is 10.1. The monoisotopic (exact) mass is 593 g/mol. The highest BCUT2D eigenvalue weighted by Gasteiger charge is 2.38. The number of fused-ring (bicyclic) bond motifs is 1. The van der Waals surface area contributed by atoms with Crippen LogP contribution < -0.4 is 10.1 Å². The van der Waals surface area contributed by atoms with Crippen molar-refractivity contribution in [3.63, 3.8) is 0 Å². The van der Waals surface area contributed by atoms with E-state index in [0.717, 1.165) is 16.7 Å². The lowest BCUT2D eigenvalue weighted by Gasteiger charge is -2.28. The number of Topliss-reactive ketones (excluding diaryl/α,β-unsaturated/α-hetero) is 1. The number of ketones is 1. The molecule has 0 bridgehead atoms.